The predicted molar refractivity (Wildman–Crippen MR) is 107 cm³/mol. The summed E-state index contributed by atoms with van der Waals surface area (Å²) in [5.41, 5.74) is 3.15. The number of carbonyl (C=O) groups excluding carboxylic acids is 2. The third-order valence-electron chi connectivity index (χ3n) is 3.96. The van der Waals surface area contributed by atoms with E-state index in [0.29, 0.717) is 22.5 Å². The Balaban J connectivity index is 1.41. The first-order valence-electron chi connectivity index (χ1n) is 8.76. The minimum absolute atomic E-state index is 0.145. The SMILES string of the molecule is Cc1nc2sccc2c(=O)n1NC(=O)CCCNC(=O)OCc1ccccc1. The highest BCUT2D eigenvalue weighted by molar-refractivity contribution is 7.16. The Morgan fingerprint density at radius 2 is 2.00 bits per heavy atom. The number of benzene rings is 1. The van der Waals surface area contributed by atoms with Gasteiger partial charge in [-0.3, -0.25) is 15.0 Å². The molecule has 28 heavy (non-hydrogen) atoms. The molecule has 0 atom stereocenters. The van der Waals surface area contributed by atoms with Crippen molar-refractivity contribution < 1.29 is 14.3 Å². The molecule has 0 saturated carbocycles. The van der Waals surface area contributed by atoms with E-state index in [2.05, 4.69) is 15.7 Å². The van der Waals surface area contributed by atoms with Crippen LogP contribution in [0, 0.1) is 6.92 Å². The number of hydrogen-bond donors (Lipinski definition) is 2. The summed E-state index contributed by atoms with van der Waals surface area (Å²) in [4.78, 5) is 41.1. The number of aryl methyl sites for hydroxylation is 1. The van der Waals surface area contributed by atoms with Crippen LogP contribution in [0.2, 0.25) is 0 Å². The number of ether oxygens (including phenoxy) is 1. The number of fused-ring (bicyclic) bond motifs is 1. The minimum Gasteiger partial charge on any atom is -0.445 e. The molecule has 8 nitrogen and oxygen atoms in total. The second-order valence-electron chi connectivity index (χ2n) is 6.07. The van der Waals surface area contributed by atoms with Crippen molar-refractivity contribution in [2.24, 2.45) is 0 Å². The highest BCUT2D eigenvalue weighted by Gasteiger charge is 2.11. The minimum atomic E-state index is -0.538. The van der Waals surface area contributed by atoms with Crippen molar-refractivity contribution in [2.45, 2.75) is 26.4 Å². The molecule has 3 aromatic rings. The topological polar surface area (TPSA) is 102 Å². The van der Waals surface area contributed by atoms with Gasteiger partial charge >= 0.3 is 6.09 Å². The van der Waals surface area contributed by atoms with Gasteiger partial charge in [0.05, 0.1) is 5.39 Å². The third kappa shape index (κ3) is 4.95. The Morgan fingerprint density at radius 3 is 2.79 bits per heavy atom. The van der Waals surface area contributed by atoms with Gasteiger partial charge in [0.2, 0.25) is 5.91 Å². The van der Waals surface area contributed by atoms with Crippen LogP contribution in [0.5, 0.6) is 0 Å². The van der Waals surface area contributed by atoms with Gasteiger partial charge in [-0.1, -0.05) is 30.3 Å². The molecule has 0 aliphatic carbocycles. The highest BCUT2D eigenvalue weighted by Crippen LogP contribution is 2.14. The Labute approximate surface area is 165 Å². The number of carbonyl (C=O) groups is 2. The number of thiophene rings is 1. The number of nitrogens with one attached hydrogen (secondary N) is 2. The maximum absolute atomic E-state index is 12.4. The van der Waals surface area contributed by atoms with Crippen molar-refractivity contribution in [1.29, 1.82) is 0 Å². The number of amides is 2. The smallest absolute Gasteiger partial charge is 0.407 e. The Morgan fingerprint density at radius 1 is 1.21 bits per heavy atom. The van der Waals surface area contributed by atoms with Crippen molar-refractivity contribution in [3.05, 3.63) is 63.5 Å². The third-order valence-corrected chi connectivity index (χ3v) is 4.77. The van der Waals surface area contributed by atoms with E-state index in [9.17, 15) is 14.4 Å². The lowest BCUT2D eigenvalue weighted by molar-refractivity contribution is -0.117. The molecule has 1 aromatic carbocycles. The zero-order chi connectivity index (χ0) is 19.9. The molecule has 2 amide bonds. The standard InChI is InChI=1S/C19H20N4O4S/c1-13-21-17-15(9-11-28-17)18(25)23(13)22-16(24)8-5-10-20-19(26)27-12-14-6-3-2-4-7-14/h2-4,6-7,9,11H,5,8,10,12H2,1H3,(H,20,26)(H,22,24). The van der Waals surface area contributed by atoms with Crippen molar-refractivity contribution in [2.75, 3.05) is 12.0 Å². The van der Waals surface area contributed by atoms with Crippen molar-refractivity contribution in [1.82, 2.24) is 15.0 Å². The Bertz CT molecular complexity index is 1030. The molecule has 9 heteroatoms. The van der Waals surface area contributed by atoms with Crippen LogP contribution in [0.4, 0.5) is 4.79 Å². The number of alkyl carbamates (subject to hydrolysis) is 1. The first-order valence-corrected chi connectivity index (χ1v) is 9.64. The Kier molecular flexibility index (Phi) is 6.38. The molecule has 0 unspecified atom stereocenters. The Hall–Kier alpha value is -3.20. The van der Waals surface area contributed by atoms with Gasteiger partial charge in [-0.15, -0.1) is 11.3 Å². The van der Waals surface area contributed by atoms with E-state index in [1.165, 1.54) is 11.3 Å². The molecule has 146 valence electrons. The van der Waals surface area contributed by atoms with Crippen LogP contribution >= 0.6 is 11.3 Å². The second-order valence-corrected chi connectivity index (χ2v) is 6.96. The second kappa shape index (κ2) is 9.14. The van der Waals surface area contributed by atoms with Crippen molar-refractivity contribution >= 4 is 33.6 Å². The van der Waals surface area contributed by atoms with E-state index in [-0.39, 0.29) is 31.0 Å². The van der Waals surface area contributed by atoms with Gasteiger partial charge in [0.1, 0.15) is 17.3 Å². The van der Waals surface area contributed by atoms with Crippen molar-refractivity contribution in [3.63, 3.8) is 0 Å². The number of aromatic nitrogens is 2. The van der Waals surface area contributed by atoms with Crippen LogP contribution in [0.1, 0.15) is 24.2 Å². The highest BCUT2D eigenvalue weighted by atomic mass is 32.1. The predicted octanol–water partition coefficient (Wildman–Crippen LogP) is 2.54. The lowest BCUT2D eigenvalue weighted by atomic mass is 10.2. The van der Waals surface area contributed by atoms with E-state index in [1.807, 2.05) is 30.3 Å². The summed E-state index contributed by atoms with van der Waals surface area (Å²) in [6.45, 7) is 2.13. The summed E-state index contributed by atoms with van der Waals surface area (Å²) >= 11 is 1.38. The maximum Gasteiger partial charge on any atom is 0.407 e. The molecular formula is C19H20N4O4S. The van der Waals surface area contributed by atoms with Crippen LogP contribution in [-0.4, -0.2) is 28.2 Å². The molecule has 0 aliphatic rings. The summed E-state index contributed by atoms with van der Waals surface area (Å²) < 4.78 is 6.24. The van der Waals surface area contributed by atoms with E-state index in [4.69, 9.17) is 4.74 Å². The maximum atomic E-state index is 12.4. The molecule has 0 saturated heterocycles. The first kappa shape index (κ1) is 19.6. The summed E-state index contributed by atoms with van der Waals surface area (Å²) in [5, 5.41) is 4.85. The van der Waals surface area contributed by atoms with E-state index in [1.54, 1.807) is 18.4 Å². The molecular weight excluding hydrogens is 380 g/mol. The lowest BCUT2D eigenvalue weighted by Gasteiger charge is -2.11. The van der Waals surface area contributed by atoms with Gasteiger partial charge in [-0.25, -0.2) is 14.5 Å². The van der Waals surface area contributed by atoms with E-state index < -0.39 is 6.09 Å². The fourth-order valence-electron chi connectivity index (χ4n) is 2.54. The van der Waals surface area contributed by atoms with Crippen LogP contribution in [0.15, 0.2) is 46.6 Å². The number of rotatable bonds is 7. The molecule has 2 heterocycles. The molecule has 3 rings (SSSR count). The largest absolute Gasteiger partial charge is 0.445 e. The van der Waals surface area contributed by atoms with Gasteiger partial charge in [-0.05, 0) is 30.4 Å². The monoisotopic (exact) mass is 400 g/mol. The molecule has 0 fully saturated rings. The quantitative estimate of drug-likeness (QED) is 0.594. The average Bonchev–Trinajstić information content (AvgIpc) is 3.16. The first-order chi connectivity index (χ1) is 13.5. The zero-order valence-electron chi connectivity index (χ0n) is 15.3. The molecule has 0 aliphatic heterocycles. The normalized spacial score (nSPS) is 10.6. The number of hydrogen-bond acceptors (Lipinski definition) is 6. The molecule has 2 aromatic heterocycles. The molecule has 0 radical (unpaired) electrons. The van der Waals surface area contributed by atoms with Gasteiger partial charge in [0.15, 0.2) is 0 Å². The average molecular weight is 400 g/mol. The number of nitrogens with zero attached hydrogens (tertiary/aromatic N) is 2. The van der Waals surface area contributed by atoms with Gasteiger partial charge < -0.3 is 10.1 Å². The van der Waals surface area contributed by atoms with Crippen molar-refractivity contribution in [3.8, 4) is 0 Å². The lowest BCUT2D eigenvalue weighted by Crippen LogP contribution is -2.35. The molecule has 0 bridgehead atoms. The van der Waals surface area contributed by atoms with Crippen LogP contribution in [0.3, 0.4) is 0 Å². The molecule has 2 N–H and O–H groups in total. The summed E-state index contributed by atoms with van der Waals surface area (Å²) in [6, 6.07) is 11.0. The van der Waals surface area contributed by atoms with Gasteiger partial charge in [0.25, 0.3) is 5.56 Å². The van der Waals surface area contributed by atoms with E-state index >= 15 is 0 Å². The van der Waals surface area contributed by atoms with Crippen LogP contribution in [-0.2, 0) is 16.1 Å². The summed E-state index contributed by atoms with van der Waals surface area (Å²) in [6.07, 6.45) is 0.0178. The fourth-order valence-corrected chi connectivity index (χ4v) is 3.34. The zero-order valence-corrected chi connectivity index (χ0v) is 16.1. The fraction of sp³-hybridized carbons (Fsp3) is 0.263. The van der Waals surface area contributed by atoms with Crippen LogP contribution in [0.25, 0.3) is 10.2 Å². The van der Waals surface area contributed by atoms with Crippen LogP contribution < -0.4 is 16.3 Å². The summed E-state index contributed by atoms with van der Waals surface area (Å²) in [7, 11) is 0. The molecule has 0 spiro atoms. The van der Waals surface area contributed by atoms with E-state index in [0.717, 1.165) is 10.2 Å². The van der Waals surface area contributed by atoms with Gasteiger partial charge in [-0.2, -0.15) is 0 Å². The van der Waals surface area contributed by atoms with Gasteiger partial charge in [0, 0.05) is 13.0 Å². The summed E-state index contributed by atoms with van der Waals surface area (Å²) in [5.74, 6) is 0.0805.